The van der Waals surface area contributed by atoms with Crippen molar-refractivity contribution in [1.29, 1.82) is 0 Å². The molecule has 1 atom stereocenters. The molecular weight excluding hydrogens is 316 g/mol. The monoisotopic (exact) mass is 336 g/mol. The van der Waals surface area contributed by atoms with Crippen LogP contribution in [0.15, 0.2) is 18.2 Å². The van der Waals surface area contributed by atoms with Gasteiger partial charge < -0.3 is 15.4 Å². The average molecular weight is 337 g/mol. The van der Waals surface area contributed by atoms with Gasteiger partial charge in [-0.2, -0.15) is 0 Å². The Morgan fingerprint density at radius 1 is 1.26 bits per heavy atom. The molecule has 23 heavy (non-hydrogen) atoms. The number of halogens is 1. The van der Waals surface area contributed by atoms with Crippen LogP contribution in [0.3, 0.4) is 0 Å². The highest BCUT2D eigenvalue weighted by Gasteiger charge is 2.24. The van der Waals surface area contributed by atoms with Crippen molar-refractivity contribution in [3.63, 3.8) is 0 Å². The quantitative estimate of drug-likeness (QED) is 0.887. The Kier molecular flexibility index (Phi) is 5.06. The van der Waals surface area contributed by atoms with Gasteiger partial charge in [-0.05, 0) is 50.3 Å². The summed E-state index contributed by atoms with van der Waals surface area (Å²) < 4.78 is 5.90. The summed E-state index contributed by atoms with van der Waals surface area (Å²) >= 11 is 6.26. The van der Waals surface area contributed by atoms with Crippen molar-refractivity contribution in [2.75, 3.05) is 11.9 Å². The molecule has 1 aliphatic carbocycles. The van der Waals surface area contributed by atoms with Crippen LogP contribution in [-0.4, -0.2) is 24.5 Å². The van der Waals surface area contributed by atoms with E-state index in [2.05, 4.69) is 10.6 Å². The van der Waals surface area contributed by atoms with Crippen molar-refractivity contribution in [3.05, 3.63) is 23.2 Å². The van der Waals surface area contributed by atoms with Crippen LogP contribution in [0.1, 0.15) is 38.5 Å². The first kappa shape index (κ1) is 16.1. The van der Waals surface area contributed by atoms with Gasteiger partial charge >= 0.3 is 0 Å². The molecule has 6 heteroatoms. The molecule has 1 saturated heterocycles. The summed E-state index contributed by atoms with van der Waals surface area (Å²) in [7, 11) is 0. The molecule has 0 bridgehead atoms. The fourth-order valence-electron chi connectivity index (χ4n) is 3.06. The summed E-state index contributed by atoms with van der Waals surface area (Å²) in [6.07, 6.45) is 5.77. The molecule has 0 aromatic heterocycles. The Balaban J connectivity index is 1.58. The lowest BCUT2D eigenvalue weighted by atomic mass is 9.98. The summed E-state index contributed by atoms with van der Waals surface area (Å²) in [4.78, 5) is 23.4. The van der Waals surface area contributed by atoms with E-state index < -0.39 is 0 Å². The summed E-state index contributed by atoms with van der Waals surface area (Å²) in [6.45, 7) is 0.390. The van der Waals surface area contributed by atoms with E-state index in [0.717, 1.165) is 12.8 Å². The maximum absolute atomic E-state index is 12.2. The highest BCUT2D eigenvalue weighted by molar-refractivity contribution is 6.32. The number of amides is 2. The van der Waals surface area contributed by atoms with Gasteiger partial charge in [-0.25, -0.2) is 0 Å². The van der Waals surface area contributed by atoms with E-state index >= 15 is 0 Å². The van der Waals surface area contributed by atoms with Crippen molar-refractivity contribution in [1.82, 2.24) is 5.32 Å². The SMILES string of the molecule is O=C1CC[C@@H](C(=O)Nc2ccc(OC3CCCC3)c(Cl)c2)CN1. The van der Waals surface area contributed by atoms with E-state index in [9.17, 15) is 9.59 Å². The molecule has 1 aromatic carbocycles. The summed E-state index contributed by atoms with van der Waals surface area (Å²) in [6, 6.07) is 5.32. The number of piperidine rings is 1. The van der Waals surface area contributed by atoms with Gasteiger partial charge in [-0.15, -0.1) is 0 Å². The normalized spacial score (nSPS) is 21.8. The van der Waals surface area contributed by atoms with E-state index in [4.69, 9.17) is 16.3 Å². The minimum atomic E-state index is -0.194. The first-order valence-electron chi connectivity index (χ1n) is 8.15. The Hall–Kier alpha value is -1.75. The molecule has 1 aliphatic heterocycles. The van der Waals surface area contributed by atoms with Gasteiger partial charge in [0.25, 0.3) is 0 Å². The van der Waals surface area contributed by atoms with Crippen molar-refractivity contribution in [3.8, 4) is 5.75 Å². The molecule has 5 nitrogen and oxygen atoms in total. The van der Waals surface area contributed by atoms with Crippen molar-refractivity contribution in [2.45, 2.75) is 44.6 Å². The van der Waals surface area contributed by atoms with Crippen LogP contribution in [0.25, 0.3) is 0 Å². The zero-order valence-electron chi connectivity index (χ0n) is 12.9. The zero-order valence-corrected chi connectivity index (χ0v) is 13.7. The van der Waals surface area contributed by atoms with Crippen molar-refractivity contribution < 1.29 is 14.3 Å². The van der Waals surface area contributed by atoms with Gasteiger partial charge in [0.05, 0.1) is 17.0 Å². The van der Waals surface area contributed by atoms with Crippen LogP contribution in [-0.2, 0) is 9.59 Å². The highest BCUT2D eigenvalue weighted by atomic mass is 35.5. The van der Waals surface area contributed by atoms with Gasteiger partial charge in [0.1, 0.15) is 5.75 Å². The molecule has 1 heterocycles. The van der Waals surface area contributed by atoms with Crippen molar-refractivity contribution in [2.24, 2.45) is 5.92 Å². The molecular formula is C17H21ClN2O3. The third kappa shape index (κ3) is 4.16. The zero-order chi connectivity index (χ0) is 16.2. The maximum atomic E-state index is 12.2. The summed E-state index contributed by atoms with van der Waals surface area (Å²) in [5.74, 6) is 0.387. The lowest BCUT2D eigenvalue weighted by Crippen LogP contribution is -2.40. The number of hydrogen-bond acceptors (Lipinski definition) is 3. The molecule has 1 aromatic rings. The predicted molar refractivity (Wildman–Crippen MR) is 88.7 cm³/mol. The fraction of sp³-hybridized carbons (Fsp3) is 0.529. The average Bonchev–Trinajstić information content (AvgIpc) is 3.04. The van der Waals surface area contributed by atoms with E-state index in [0.29, 0.717) is 35.8 Å². The molecule has 2 amide bonds. The molecule has 0 radical (unpaired) electrons. The molecule has 3 rings (SSSR count). The largest absolute Gasteiger partial charge is 0.489 e. The number of rotatable bonds is 4. The molecule has 0 unspecified atom stereocenters. The van der Waals surface area contributed by atoms with E-state index in [1.165, 1.54) is 12.8 Å². The first-order chi connectivity index (χ1) is 11.1. The van der Waals surface area contributed by atoms with Gasteiger partial charge in [-0.1, -0.05) is 11.6 Å². The number of nitrogens with one attached hydrogen (secondary N) is 2. The molecule has 2 N–H and O–H groups in total. The predicted octanol–water partition coefficient (Wildman–Crippen LogP) is 3.13. The first-order valence-corrected chi connectivity index (χ1v) is 8.53. The van der Waals surface area contributed by atoms with E-state index in [1.807, 2.05) is 0 Å². The lowest BCUT2D eigenvalue weighted by Gasteiger charge is -2.22. The van der Waals surface area contributed by atoms with Gasteiger partial charge in [0.15, 0.2) is 0 Å². The third-order valence-electron chi connectivity index (χ3n) is 4.43. The Labute approximate surface area is 140 Å². The topological polar surface area (TPSA) is 67.4 Å². The van der Waals surface area contributed by atoms with E-state index in [1.54, 1.807) is 18.2 Å². The molecule has 2 aliphatic rings. The lowest BCUT2D eigenvalue weighted by molar-refractivity contribution is -0.126. The second kappa shape index (κ2) is 7.21. The highest BCUT2D eigenvalue weighted by Crippen LogP contribution is 2.32. The van der Waals surface area contributed by atoms with Crippen molar-refractivity contribution >= 4 is 29.1 Å². The number of hydrogen-bond donors (Lipinski definition) is 2. The van der Waals surface area contributed by atoms with E-state index in [-0.39, 0.29) is 23.8 Å². The van der Waals surface area contributed by atoms with Crippen LogP contribution in [0.5, 0.6) is 5.75 Å². The number of ether oxygens (including phenoxy) is 1. The summed E-state index contributed by atoms with van der Waals surface area (Å²) in [5, 5.41) is 6.08. The smallest absolute Gasteiger partial charge is 0.229 e. The van der Waals surface area contributed by atoms with Crippen LogP contribution in [0.2, 0.25) is 5.02 Å². The second-order valence-electron chi connectivity index (χ2n) is 6.20. The van der Waals surface area contributed by atoms with Crippen LogP contribution in [0, 0.1) is 5.92 Å². The number of carbonyl (C=O) groups excluding carboxylic acids is 2. The Morgan fingerprint density at radius 2 is 2.04 bits per heavy atom. The summed E-state index contributed by atoms with van der Waals surface area (Å²) in [5.41, 5.74) is 0.649. The minimum absolute atomic E-state index is 0.00510. The Bertz CT molecular complexity index is 590. The molecule has 0 spiro atoms. The third-order valence-corrected chi connectivity index (χ3v) is 4.73. The fourth-order valence-corrected chi connectivity index (χ4v) is 3.29. The van der Waals surface area contributed by atoms with Gasteiger partial charge in [0, 0.05) is 18.7 Å². The van der Waals surface area contributed by atoms with Gasteiger partial charge in [0.2, 0.25) is 11.8 Å². The van der Waals surface area contributed by atoms with Gasteiger partial charge in [-0.3, -0.25) is 9.59 Å². The van der Waals surface area contributed by atoms with Crippen LogP contribution < -0.4 is 15.4 Å². The number of carbonyl (C=O) groups is 2. The molecule has 124 valence electrons. The van der Waals surface area contributed by atoms with Crippen LogP contribution >= 0.6 is 11.6 Å². The standard InChI is InChI=1S/C17H21ClN2O3/c18-14-9-12(6-7-15(14)23-13-3-1-2-4-13)20-17(22)11-5-8-16(21)19-10-11/h6-7,9,11,13H,1-5,8,10H2,(H,19,21)(H,20,22)/t11-/m1/s1. The molecule has 2 fully saturated rings. The number of benzene rings is 1. The Morgan fingerprint density at radius 3 is 2.70 bits per heavy atom. The van der Waals surface area contributed by atoms with Crippen LogP contribution in [0.4, 0.5) is 5.69 Å². The second-order valence-corrected chi connectivity index (χ2v) is 6.61. The molecule has 1 saturated carbocycles. The number of anilines is 1. The maximum Gasteiger partial charge on any atom is 0.229 e. The minimum Gasteiger partial charge on any atom is -0.489 e.